The standard InChI is InChI=1S/C20H22N2O2/c1-3-21(4-2)20(24)16-10-11-18-17(12-16)13-19(23)22(18)14-15-8-6-5-7-9-15/h5-12H,3-4,13-14H2,1-2H3. The molecule has 1 aliphatic heterocycles. The van der Waals surface area contributed by atoms with Gasteiger partial charge in [0.25, 0.3) is 5.91 Å². The highest BCUT2D eigenvalue weighted by Crippen LogP contribution is 2.31. The SMILES string of the molecule is CCN(CC)C(=O)c1ccc2c(c1)CC(=O)N2Cc1ccccc1. The molecule has 2 amide bonds. The second kappa shape index (κ2) is 6.87. The fourth-order valence-corrected chi connectivity index (χ4v) is 3.15. The number of nitrogens with zero attached hydrogens (tertiary/aromatic N) is 2. The minimum atomic E-state index is 0.0248. The van der Waals surface area contributed by atoms with Crippen molar-refractivity contribution in [1.82, 2.24) is 4.90 Å². The molecule has 0 aromatic heterocycles. The molecule has 3 rings (SSSR count). The van der Waals surface area contributed by atoms with Crippen molar-refractivity contribution in [2.45, 2.75) is 26.8 Å². The Balaban J connectivity index is 1.86. The zero-order valence-corrected chi connectivity index (χ0v) is 14.2. The molecule has 4 heteroatoms. The number of hydrogen-bond acceptors (Lipinski definition) is 2. The van der Waals surface area contributed by atoms with Crippen LogP contribution in [0.4, 0.5) is 5.69 Å². The lowest BCUT2D eigenvalue weighted by Gasteiger charge is -2.20. The largest absolute Gasteiger partial charge is 0.339 e. The summed E-state index contributed by atoms with van der Waals surface area (Å²) in [7, 11) is 0. The molecule has 0 radical (unpaired) electrons. The van der Waals surface area contributed by atoms with Gasteiger partial charge >= 0.3 is 0 Å². The van der Waals surface area contributed by atoms with Gasteiger partial charge in [-0.15, -0.1) is 0 Å². The van der Waals surface area contributed by atoms with Gasteiger partial charge in [-0.05, 0) is 43.2 Å². The number of anilines is 1. The molecule has 24 heavy (non-hydrogen) atoms. The molecule has 0 N–H and O–H groups in total. The van der Waals surface area contributed by atoms with E-state index in [0.717, 1.165) is 16.8 Å². The summed E-state index contributed by atoms with van der Waals surface area (Å²) in [4.78, 5) is 28.5. The lowest BCUT2D eigenvalue weighted by molar-refractivity contribution is -0.117. The quantitative estimate of drug-likeness (QED) is 0.848. The van der Waals surface area contributed by atoms with Crippen LogP contribution >= 0.6 is 0 Å². The van der Waals surface area contributed by atoms with Crippen LogP contribution in [-0.4, -0.2) is 29.8 Å². The topological polar surface area (TPSA) is 40.6 Å². The van der Waals surface area contributed by atoms with Gasteiger partial charge in [0.05, 0.1) is 13.0 Å². The molecule has 0 spiro atoms. The van der Waals surface area contributed by atoms with E-state index < -0.39 is 0 Å². The molecule has 2 aromatic carbocycles. The van der Waals surface area contributed by atoms with Gasteiger partial charge in [-0.3, -0.25) is 9.59 Å². The van der Waals surface area contributed by atoms with Crippen LogP contribution < -0.4 is 4.90 Å². The number of rotatable bonds is 5. The molecule has 1 heterocycles. The average Bonchev–Trinajstić information content (AvgIpc) is 2.91. The third kappa shape index (κ3) is 3.04. The number of fused-ring (bicyclic) bond motifs is 1. The van der Waals surface area contributed by atoms with E-state index in [4.69, 9.17) is 0 Å². The monoisotopic (exact) mass is 322 g/mol. The summed E-state index contributed by atoms with van der Waals surface area (Å²) >= 11 is 0. The Bertz CT molecular complexity index is 751. The normalized spacial score (nSPS) is 13.1. The van der Waals surface area contributed by atoms with E-state index in [1.807, 2.05) is 62.4 Å². The first-order valence-corrected chi connectivity index (χ1v) is 8.40. The van der Waals surface area contributed by atoms with Crippen molar-refractivity contribution in [3.63, 3.8) is 0 Å². The zero-order chi connectivity index (χ0) is 17.1. The molecule has 0 saturated heterocycles. The fraction of sp³-hybridized carbons (Fsp3) is 0.300. The van der Waals surface area contributed by atoms with E-state index >= 15 is 0 Å². The van der Waals surface area contributed by atoms with Crippen LogP contribution in [-0.2, 0) is 17.8 Å². The van der Waals surface area contributed by atoms with Crippen LogP contribution in [0.5, 0.6) is 0 Å². The Hall–Kier alpha value is -2.62. The molecule has 0 aliphatic carbocycles. The summed E-state index contributed by atoms with van der Waals surface area (Å²) in [5.41, 5.74) is 3.61. The van der Waals surface area contributed by atoms with Crippen molar-refractivity contribution in [2.75, 3.05) is 18.0 Å². The van der Waals surface area contributed by atoms with E-state index in [-0.39, 0.29) is 11.8 Å². The molecule has 2 aromatic rings. The van der Waals surface area contributed by atoms with Gasteiger partial charge in [-0.25, -0.2) is 0 Å². The summed E-state index contributed by atoms with van der Waals surface area (Å²) in [6.07, 6.45) is 0.363. The van der Waals surface area contributed by atoms with Crippen LogP contribution in [0.2, 0.25) is 0 Å². The molecular formula is C20H22N2O2. The van der Waals surface area contributed by atoms with Crippen molar-refractivity contribution < 1.29 is 9.59 Å². The van der Waals surface area contributed by atoms with Gasteiger partial charge in [0.2, 0.25) is 5.91 Å². The van der Waals surface area contributed by atoms with Crippen molar-refractivity contribution in [2.24, 2.45) is 0 Å². The molecule has 1 aliphatic rings. The molecule has 0 bridgehead atoms. The number of benzene rings is 2. The Kier molecular flexibility index (Phi) is 4.65. The predicted octanol–water partition coefficient (Wildman–Crippen LogP) is 3.26. The second-order valence-corrected chi connectivity index (χ2v) is 5.96. The van der Waals surface area contributed by atoms with Gasteiger partial charge in [0.1, 0.15) is 0 Å². The van der Waals surface area contributed by atoms with Crippen LogP contribution in [0.15, 0.2) is 48.5 Å². The van der Waals surface area contributed by atoms with Gasteiger partial charge < -0.3 is 9.80 Å². The summed E-state index contributed by atoms with van der Waals surface area (Å²) < 4.78 is 0. The number of carbonyl (C=O) groups is 2. The molecule has 4 nitrogen and oxygen atoms in total. The number of carbonyl (C=O) groups excluding carboxylic acids is 2. The molecule has 0 saturated carbocycles. The summed E-state index contributed by atoms with van der Waals surface area (Å²) in [6.45, 7) is 5.88. The molecule has 0 unspecified atom stereocenters. The molecule has 124 valence electrons. The number of amides is 2. The third-order valence-electron chi connectivity index (χ3n) is 4.49. The summed E-state index contributed by atoms with van der Waals surface area (Å²) in [5, 5.41) is 0. The maximum atomic E-state index is 12.5. The van der Waals surface area contributed by atoms with Gasteiger partial charge in [0.15, 0.2) is 0 Å². The van der Waals surface area contributed by atoms with Gasteiger partial charge in [-0.2, -0.15) is 0 Å². The lowest BCUT2D eigenvalue weighted by Crippen LogP contribution is -2.30. The third-order valence-corrected chi connectivity index (χ3v) is 4.49. The fourth-order valence-electron chi connectivity index (χ4n) is 3.15. The Labute approximate surface area is 142 Å². The molecule has 0 fully saturated rings. The van der Waals surface area contributed by atoms with Crippen LogP contribution in [0.1, 0.15) is 35.3 Å². The highest BCUT2D eigenvalue weighted by Gasteiger charge is 2.28. The lowest BCUT2D eigenvalue weighted by atomic mass is 10.1. The average molecular weight is 322 g/mol. The summed E-state index contributed by atoms with van der Waals surface area (Å²) in [5.74, 6) is 0.109. The minimum absolute atomic E-state index is 0.0248. The zero-order valence-electron chi connectivity index (χ0n) is 14.2. The first kappa shape index (κ1) is 16.2. The summed E-state index contributed by atoms with van der Waals surface area (Å²) in [6, 6.07) is 15.6. The maximum absolute atomic E-state index is 12.5. The molecular weight excluding hydrogens is 300 g/mol. The number of hydrogen-bond donors (Lipinski definition) is 0. The first-order valence-electron chi connectivity index (χ1n) is 8.40. The minimum Gasteiger partial charge on any atom is -0.339 e. The van der Waals surface area contributed by atoms with Crippen LogP contribution in [0.25, 0.3) is 0 Å². The van der Waals surface area contributed by atoms with Crippen molar-refractivity contribution in [3.8, 4) is 0 Å². The van der Waals surface area contributed by atoms with Crippen molar-refractivity contribution in [1.29, 1.82) is 0 Å². The highest BCUT2D eigenvalue weighted by atomic mass is 16.2. The van der Waals surface area contributed by atoms with E-state index in [1.54, 1.807) is 9.80 Å². The van der Waals surface area contributed by atoms with Gasteiger partial charge in [-0.1, -0.05) is 30.3 Å². The van der Waals surface area contributed by atoms with Gasteiger partial charge in [0, 0.05) is 24.3 Å². The smallest absolute Gasteiger partial charge is 0.253 e. The predicted molar refractivity (Wildman–Crippen MR) is 95.0 cm³/mol. The van der Waals surface area contributed by atoms with Crippen LogP contribution in [0.3, 0.4) is 0 Å². The van der Waals surface area contributed by atoms with E-state index in [0.29, 0.717) is 31.6 Å². The van der Waals surface area contributed by atoms with Crippen LogP contribution in [0, 0.1) is 0 Å². The van der Waals surface area contributed by atoms with E-state index in [9.17, 15) is 9.59 Å². The van der Waals surface area contributed by atoms with Crippen molar-refractivity contribution >= 4 is 17.5 Å². The Morgan fingerprint density at radius 1 is 1.08 bits per heavy atom. The Morgan fingerprint density at radius 2 is 1.79 bits per heavy atom. The first-order chi connectivity index (χ1) is 11.6. The Morgan fingerprint density at radius 3 is 2.46 bits per heavy atom. The maximum Gasteiger partial charge on any atom is 0.253 e. The van der Waals surface area contributed by atoms with E-state index in [2.05, 4.69) is 0 Å². The second-order valence-electron chi connectivity index (χ2n) is 5.96. The molecule has 0 atom stereocenters. The van der Waals surface area contributed by atoms with Crippen molar-refractivity contribution in [3.05, 3.63) is 65.2 Å². The van der Waals surface area contributed by atoms with E-state index in [1.165, 1.54) is 0 Å². The highest BCUT2D eigenvalue weighted by molar-refractivity contribution is 6.03.